The molecule has 0 aliphatic heterocycles. The molecule has 1 aromatic carbocycles. The van der Waals surface area contributed by atoms with Gasteiger partial charge in [0.25, 0.3) is 0 Å². The molecule has 19 heavy (non-hydrogen) atoms. The molecule has 0 atom stereocenters. The fraction of sp³-hybridized carbons (Fsp3) is 0.500. The van der Waals surface area contributed by atoms with Gasteiger partial charge >= 0.3 is 0 Å². The zero-order chi connectivity index (χ0) is 14.5. The minimum Gasteiger partial charge on any atom is -0.316 e. The average molecular weight is 306 g/mol. The van der Waals surface area contributed by atoms with Crippen molar-refractivity contribution in [3.8, 4) is 0 Å². The van der Waals surface area contributed by atoms with E-state index in [2.05, 4.69) is 10.0 Å². The highest BCUT2D eigenvalue weighted by atomic mass is 32.2. The summed E-state index contributed by atoms with van der Waals surface area (Å²) in [7, 11) is -1.88. The van der Waals surface area contributed by atoms with E-state index < -0.39 is 10.0 Å². The number of hydrogen-bond donors (Lipinski definition) is 2. The van der Waals surface area contributed by atoms with Crippen LogP contribution < -0.4 is 10.0 Å². The van der Waals surface area contributed by atoms with Gasteiger partial charge in [-0.3, -0.25) is 0 Å². The first-order valence-corrected chi connectivity index (χ1v) is 8.72. The van der Waals surface area contributed by atoms with Gasteiger partial charge in [-0.1, -0.05) is 0 Å². The van der Waals surface area contributed by atoms with Gasteiger partial charge < -0.3 is 5.32 Å². The standard InChI is InChI=1S/C12H19FN2O2S2/c1-9-6-11(7-10(8-14-2)12(9)13)19(16,17)15-4-5-18-3/h6-7,14-15H,4-5,8H2,1-3H3. The van der Waals surface area contributed by atoms with Gasteiger partial charge in [0.1, 0.15) is 5.82 Å². The summed E-state index contributed by atoms with van der Waals surface area (Å²) in [6, 6.07) is 2.73. The Kier molecular flexibility index (Phi) is 6.25. The normalized spacial score (nSPS) is 11.8. The van der Waals surface area contributed by atoms with Gasteiger partial charge in [-0.2, -0.15) is 11.8 Å². The number of hydrogen-bond acceptors (Lipinski definition) is 4. The third-order valence-electron chi connectivity index (χ3n) is 2.58. The second-order valence-electron chi connectivity index (χ2n) is 4.13. The smallest absolute Gasteiger partial charge is 0.240 e. The van der Waals surface area contributed by atoms with Crippen molar-refractivity contribution in [1.82, 2.24) is 10.0 Å². The van der Waals surface area contributed by atoms with Gasteiger partial charge in [-0.25, -0.2) is 17.5 Å². The third kappa shape index (κ3) is 4.45. The highest BCUT2D eigenvalue weighted by molar-refractivity contribution is 7.98. The molecule has 0 amide bonds. The summed E-state index contributed by atoms with van der Waals surface area (Å²) in [6.45, 7) is 2.22. The van der Waals surface area contributed by atoms with E-state index in [0.29, 0.717) is 30.0 Å². The molecule has 0 aliphatic carbocycles. The van der Waals surface area contributed by atoms with Crippen LogP contribution in [0.25, 0.3) is 0 Å². The van der Waals surface area contributed by atoms with Gasteiger partial charge in [0, 0.05) is 24.4 Å². The summed E-state index contributed by atoms with van der Waals surface area (Å²) in [5.74, 6) is 0.334. The molecule has 0 unspecified atom stereocenters. The Balaban J connectivity index is 3.06. The monoisotopic (exact) mass is 306 g/mol. The SMILES string of the molecule is CNCc1cc(S(=O)(=O)NCCSC)cc(C)c1F. The summed E-state index contributed by atoms with van der Waals surface area (Å²) in [6.07, 6.45) is 1.90. The Hall–Kier alpha value is -0.630. The molecule has 1 aromatic rings. The minimum absolute atomic E-state index is 0.109. The molecule has 0 bridgehead atoms. The molecule has 108 valence electrons. The van der Waals surface area contributed by atoms with Crippen LogP contribution in [-0.4, -0.2) is 34.0 Å². The van der Waals surface area contributed by atoms with E-state index in [9.17, 15) is 12.8 Å². The Morgan fingerprint density at radius 1 is 1.37 bits per heavy atom. The van der Waals surface area contributed by atoms with Crippen molar-refractivity contribution < 1.29 is 12.8 Å². The Bertz CT molecular complexity index is 533. The van der Waals surface area contributed by atoms with E-state index >= 15 is 0 Å². The molecule has 2 N–H and O–H groups in total. The van der Waals surface area contributed by atoms with Gasteiger partial charge in [-0.15, -0.1) is 0 Å². The lowest BCUT2D eigenvalue weighted by atomic mass is 10.1. The molecule has 0 fully saturated rings. The van der Waals surface area contributed by atoms with E-state index in [1.807, 2.05) is 6.26 Å². The maximum absolute atomic E-state index is 13.8. The summed E-state index contributed by atoms with van der Waals surface area (Å²) >= 11 is 1.56. The molecule has 0 heterocycles. The van der Waals surface area contributed by atoms with Crippen LogP contribution in [0.3, 0.4) is 0 Å². The third-order valence-corrected chi connectivity index (χ3v) is 4.63. The zero-order valence-electron chi connectivity index (χ0n) is 11.3. The molecule has 0 saturated heterocycles. The maximum atomic E-state index is 13.8. The van der Waals surface area contributed by atoms with Gasteiger partial charge in [0.15, 0.2) is 0 Å². The van der Waals surface area contributed by atoms with Crippen molar-refractivity contribution in [2.75, 3.05) is 25.6 Å². The Morgan fingerprint density at radius 3 is 2.63 bits per heavy atom. The van der Waals surface area contributed by atoms with Crippen LogP contribution in [-0.2, 0) is 16.6 Å². The number of thioether (sulfide) groups is 1. The van der Waals surface area contributed by atoms with Crippen LogP contribution >= 0.6 is 11.8 Å². The van der Waals surface area contributed by atoms with E-state index in [-0.39, 0.29) is 10.7 Å². The lowest BCUT2D eigenvalue weighted by Crippen LogP contribution is -2.26. The van der Waals surface area contributed by atoms with E-state index in [1.54, 1.807) is 25.7 Å². The van der Waals surface area contributed by atoms with E-state index in [4.69, 9.17) is 0 Å². The number of rotatable bonds is 7. The van der Waals surface area contributed by atoms with Gasteiger partial charge in [0.05, 0.1) is 4.90 Å². The number of benzene rings is 1. The lowest BCUT2D eigenvalue weighted by molar-refractivity contribution is 0.577. The number of halogens is 1. The summed E-state index contributed by atoms with van der Waals surface area (Å²) in [5, 5.41) is 2.82. The lowest BCUT2D eigenvalue weighted by Gasteiger charge is -2.11. The first kappa shape index (κ1) is 16.4. The Morgan fingerprint density at radius 2 is 2.05 bits per heavy atom. The highest BCUT2D eigenvalue weighted by Crippen LogP contribution is 2.19. The molecular weight excluding hydrogens is 287 g/mol. The van der Waals surface area contributed by atoms with Crippen LogP contribution in [0.5, 0.6) is 0 Å². The molecule has 1 rings (SSSR count). The first-order valence-electron chi connectivity index (χ1n) is 5.84. The second kappa shape index (κ2) is 7.23. The molecule has 0 spiro atoms. The molecule has 0 radical (unpaired) electrons. The number of sulfonamides is 1. The van der Waals surface area contributed by atoms with Crippen LogP contribution in [0.15, 0.2) is 17.0 Å². The van der Waals surface area contributed by atoms with Crippen LogP contribution in [0.1, 0.15) is 11.1 Å². The zero-order valence-corrected chi connectivity index (χ0v) is 12.9. The van der Waals surface area contributed by atoms with Crippen molar-refractivity contribution in [1.29, 1.82) is 0 Å². The van der Waals surface area contributed by atoms with Gasteiger partial charge in [-0.05, 0) is 37.9 Å². The van der Waals surface area contributed by atoms with E-state index in [0.717, 1.165) is 0 Å². The van der Waals surface area contributed by atoms with Crippen molar-refractivity contribution in [3.63, 3.8) is 0 Å². The number of aryl methyl sites for hydroxylation is 1. The topological polar surface area (TPSA) is 58.2 Å². The second-order valence-corrected chi connectivity index (χ2v) is 6.89. The molecule has 4 nitrogen and oxygen atoms in total. The molecule has 7 heteroatoms. The quantitative estimate of drug-likeness (QED) is 0.750. The Labute approximate surface area is 118 Å². The van der Waals surface area contributed by atoms with Crippen molar-refractivity contribution >= 4 is 21.8 Å². The summed E-state index contributed by atoms with van der Waals surface area (Å²) in [4.78, 5) is 0.109. The molecule has 0 aliphatic rings. The molecule has 0 saturated carbocycles. The fourth-order valence-electron chi connectivity index (χ4n) is 1.64. The van der Waals surface area contributed by atoms with Crippen molar-refractivity contribution in [2.24, 2.45) is 0 Å². The predicted molar refractivity (Wildman–Crippen MR) is 77.5 cm³/mol. The number of nitrogens with one attached hydrogen (secondary N) is 2. The van der Waals surface area contributed by atoms with E-state index in [1.165, 1.54) is 12.1 Å². The largest absolute Gasteiger partial charge is 0.316 e. The summed E-state index contributed by atoms with van der Waals surface area (Å²) in [5.41, 5.74) is 0.686. The van der Waals surface area contributed by atoms with Crippen molar-refractivity contribution in [3.05, 3.63) is 29.1 Å². The maximum Gasteiger partial charge on any atom is 0.240 e. The van der Waals surface area contributed by atoms with Crippen LogP contribution in [0.2, 0.25) is 0 Å². The van der Waals surface area contributed by atoms with Crippen LogP contribution in [0.4, 0.5) is 4.39 Å². The molecular formula is C12H19FN2O2S2. The summed E-state index contributed by atoms with van der Waals surface area (Å²) < 4.78 is 40.4. The highest BCUT2D eigenvalue weighted by Gasteiger charge is 2.17. The van der Waals surface area contributed by atoms with Crippen LogP contribution in [0, 0.1) is 12.7 Å². The minimum atomic E-state index is -3.57. The first-order chi connectivity index (χ1) is 8.92. The van der Waals surface area contributed by atoms with Gasteiger partial charge in [0.2, 0.25) is 10.0 Å². The van der Waals surface area contributed by atoms with Crippen molar-refractivity contribution in [2.45, 2.75) is 18.4 Å². The fourth-order valence-corrected chi connectivity index (χ4v) is 3.24. The molecule has 0 aromatic heterocycles. The predicted octanol–water partition coefficient (Wildman–Crippen LogP) is 1.49. The average Bonchev–Trinajstić information content (AvgIpc) is 2.35.